The second-order valence-corrected chi connectivity index (χ2v) is 5.44. The Balaban J connectivity index is 1.80. The Hall–Kier alpha value is -0.610. The summed E-state index contributed by atoms with van der Waals surface area (Å²) in [6, 6.07) is 0. The Morgan fingerprint density at radius 1 is 1.12 bits per heavy atom. The molecule has 1 saturated carbocycles. The van der Waals surface area contributed by atoms with E-state index in [9.17, 15) is 9.90 Å². The smallest absolute Gasteiger partial charge is 0.236 e. The Bertz CT molecular complexity index is 256. The van der Waals surface area contributed by atoms with Gasteiger partial charge in [0.2, 0.25) is 5.91 Å². The van der Waals surface area contributed by atoms with E-state index in [2.05, 4.69) is 5.32 Å². The van der Waals surface area contributed by atoms with Crippen LogP contribution < -0.4 is 5.32 Å². The van der Waals surface area contributed by atoms with Gasteiger partial charge in [0.25, 0.3) is 0 Å². The third kappa shape index (κ3) is 3.19. The molecule has 0 atom stereocenters. The van der Waals surface area contributed by atoms with E-state index in [0.717, 1.165) is 51.6 Å². The van der Waals surface area contributed by atoms with Crippen molar-refractivity contribution in [2.75, 3.05) is 26.2 Å². The maximum atomic E-state index is 11.9. The molecule has 0 spiro atoms. The zero-order chi connectivity index (χ0) is 12.1. The maximum absolute atomic E-state index is 11.9. The summed E-state index contributed by atoms with van der Waals surface area (Å²) in [6.45, 7) is 2.36. The summed E-state index contributed by atoms with van der Waals surface area (Å²) in [5.74, 6) is 0.195. The zero-order valence-electron chi connectivity index (χ0n) is 10.6. The fourth-order valence-electron chi connectivity index (χ4n) is 2.96. The summed E-state index contributed by atoms with van der Waals surface area (Å²) in [5.41, 5.74) is -0.187. The first-order valence-corrected chi connectivity index (χ1v) is 6.89. The first kappa shape index (κ1) is 12.8. The van der Waals surface area contributed by atoms with Gasteiger partial charge in [-0.3, -0.25) is 4.79 Å². The van der Waals surface area contributed by atoms with Crippen molar-refractivity contribution in [2.24, 2.45) is 0 Å². The number of carbonyl (C=O) groups excluding carboxylic acids is 1. The molecule has 98 valence electrons. The molecule has 0 aromatic heterocycles. The van der Waals surface area contributed by atoms with E-state index in [1.165, 1.54) is 6.42 Å². The molecule has 1 amide bonds. The molecule has 1 aliphatic heterocycles. The van der Waals surface area contributed by atoms with Crippen LogP contribution in [0.1, 0.15) is 44.9 Å². The number of likely N-dealkylation sites (tertiary alicyclic amines) is 1. The van der Waals surface area contributed by atoms with Crippen LogP contribution in [0.4, 0.5) is 0 Å². The number of rotatable bonds is 4. The summed E-state index contributed by atoms with van der Waals surface area (Å²) in [6.07, 6.45) is 7.84. The number of nitrogens with one attached hydrogen (secondary N) is 1. The van der Waals surface area contributed by atoms with Crippen LogP contribution in [0.5, 0.6) is 0 Å². The fraction of sp³-hybridized carbons (Fsp3) is 0.923. The Kier molecular flexibility index (Phi) is 4.40. The molecule has 1 saturated heterocycles. The van der Waals surface area contributed by atoms with Crippen molar-refractivity contribution in [1.29, 1.82) is 0 Å². The van der Waals surface area contributed by atoms with Crippen LogP contribution in [0.3, 0.4) is 0 Å². The van der Waals surface area contributed by atoms with E-state index >= 15 is 0 Å². The molecule has 4 nitrogen and oxygen atoms in total. The molecule has 0 radical (unpaired) electrons. The monoisotopic (exact) mass is 240 g/mol. The lowest BCUT2D eigenvalue weighted by Gasteiger charge is -2.36. The molecular formula is C13H24N2O2. The van der Waals surface area contributed by atoms with Gasteiger partial charge in [-0.05, 0) is 25.7 Å². The number of carbonyl (C=O) groups is 1. The predicted molar refractivity (Wildman–Crippen MR) is 66.7 cm³/mol. The predicted octanol–water partition coefficient (Wildman–Crippen LogP) is 0.894. The van der Waals surface area contributed by atoms with E-state index in [1.807, 2.05) is 4.90 Å². The van der Waals surface area contributed by atoms with E-state index in [0.29, 0.717) is 6.54 Å². The van der Waals surface area contributed by atoms with Gasteiger partial charge in [-0.2, -0.15) is 0 Å². The number of nitrogens with zero attached hydrogens (tertiary/aromatic N) is 1. The van der Waals surface area contributed by atoms with Gasteiger partial charge in [0.1, 0.15) is 0 Å². The van der Waals surface area contributed by atoms with Gasteiger partial charge in [0.05, 0.1) is 13.2 Å². The topological polar surface area (TPSA) is 52.6 Å². The Labute approximate surface area is 103 Å². The van der Waals surface area contributed by atoms with Gasteiger partial charge in [-0.25, -0.2) is 0 Å². The van der Waals surface area contributed by atoms with Gasteiger partial charge < -0.3 is 15.3 Å². The first-order chi connectivity index (χ1) is 8.26. The average Bonchev–Trinajstić information content (AvgIpc) is 2.91. The number of hydrogen-bond donors (Lipinski definition) is 2. The average molecular weight is 240 g/mol. The number of aliphatic hydroxyl groups excluding tert-OH is 1. The van der Waals surface area contributed by atoms with E-state index in [4.69, 9.17) is 0 Å². The van der Waals surface area contributed by atoms with E-state index in [1.54, 1.807) is 0 Å². The quantitative estimate of drug-likeness (QED) is 0.767. The summed E-state index contributed by atoms with van der Waals surface area (Å²) < 4.78 is 0. The van der Waals surface area contributed by atoms with Crippen LogP contribution in [0.2, 0.25) is 0 Å². The van der Waals surface area contributed by atoms with Crippen molar-refractivity contribution in [3.8, 4) is 0 Å². The Morgan fingerprint density at radius 3 is 2.35 bits per heavy atom. The van der Waals surface area contributed by atoms with Crippen molar-refractivity contribution in [2.45, 2.75) is 50.5 Å². The number of hydrogen-bond acceptors (Lipinski definition) is 3. The third-order valence-electron chi connectivity index (χ3n) is 4.19. The Morgan fingerprint density at radius 2 is 1.76 bits per heavy atom. The number of amides is 1. The normalized spacial score (nSPS) is 23.9. The SMILES string of the molecule is O=C(CNC1(CO)CCCCC1)N1CCCC1. The molecular weight excluding hydrogens is 216 g/mol. The second kappa shape index (κ2) is 5.83. The van der Waals surface area contributed by atoms with Crippen molar-refractivity contribution in [1.82, 2.24) is 10.2 Å². The highest BCUT2D eigenvalue weighted by atomic mass is 16.3. The summed E-state index contributed by atoms with van der Waals surface area (Å²) in [7, 11) is 0. The largest absolute Gasteiger partial charge is 0.394 e. The molecule has 2 N–H and O–H groups in total. The van der Waals surface area contributed by atoms with Gasteiger partial charge in [-0.1, -0.05) is 19.3 Å². The molecule has 17 heavy (non-hydrogen) atoms. The molecule has 2 rings (SSSR count). The van der Waals surface area contributed by atoms with Gasteiger partial charge in [0.15, 0.2) is 0 Å². The van der Waals surface area contributed by atoms with Crippen molar-refractivity contribution >= 4 is 5.91 Å². The standard InChI is InChI=1S/C13H24N2O2/c16-11-13(6-2-1-3-7-13)14-10-12(17)15-8-4-5-9-15/h14,16H,1-11H2. The molecule has 0 aromatic carbocycles. The summed E-state index contributed by atoms with van der Waals surface area (Å²) in [4.78, 5) is 13.9. The highest BCUT2D eigenvalue weighted by Gasteiger charge is 2.31. The third-order valence-corrected chi connectivity index (χ3v) is 4.19. The van der Waals surface area contributed by atoms with Crippen molar-refractivity contribution in [3.05, 3.63) is 0 Å². The lowest BCUT2D eigenvalue weighted by Crippen LogP contribution is -2.53. The summed E-state index contributed by atoms with van der Waals surface area (Å²) in [5, 5.41) is 12.9. The highest BCUT2D eigenvalue weighted by molar-refractivity contribution is 5.78. The second-order valence-electron chi connectivity index (χ2n) is 5.44. The van der Waals surface area contributed by atoms with Gasteiger partial charge >= 0.3 is 0 Å². The zero-order valence-corrected chi connectivity index (χ0v) is 10.6. The van der Waals surface area contributed by atoms with Crippen molar-refractivity contribution < 1.29 is 9.90 Å². The molecule has 1 heterocycles. The van der Waals surface area contributed by atoms with Crippen LogP contribution in [-0.2, 0) is 4.79 Å². The maximum Gasteiger partial charge on any atom is 0.236 e. The molecule has 2 aliphatic rings. The highest BCUT2D eigenvalue weighted by Crippen LogP contribution is 2.27. The number of aliphatic hydroxyl groups is 1. The van der Waals surface area contributed by atoms with Crippen LogP contribution in [0.25, 0.3) is 0 Å². The molecule has 0 unspecified atom stereocenters. The fourth-order valence-corrected chi connectivity index (χ4v) is 2.96. The minimum Gasteiger partial charge on any atom is -0.394 e. The minimum absolute atomic E-state index is 0.153. The minimum atomic E-state index is -0.187. The van der Waals surface area contributed by atoms with Crippen molar-refractivity contribution in [3.63, 3.8) is 0 Å². The molecule has 2 fully saturated rings. The van der Waals surface area contributed by atoms with E-state index in [-0.39, 0.29) is 18.1 Å². The van der Waals surface area contributed by atoms with Crippen LogP contribution >= 0.6 is 0 Å². The molecule has 4 heteroatoms. The van der Waals surface area contributed by atoms with Crippen LogP contribution in [-0.4, -0.2) is 47.7 Å². The summed E-state index contributed by atoms with van der Waals surface area (Å²) >= 11 is 0. The van der Waals surface area contributed by atoms with Gasteiger partial charge in [0, 0.05) is 18.6 Å². The molecule has 0 bridgehead atoms. The van der Waals surface area contributed by atoms with E-state index < -0.39 is 0 Å². The molecule has 1 aliphatic carbocycles. The van der Waals surface area contributed by atoms with Crippen LogP contribution in [0, 0.1) is 0 Å². The lowest BCUT2D eigenvalue weighted by atomic mass is 9.82. The lowest BCUT2D eigenvalue weighted by molar-refractivity contribution is -0.129. The van der Waals surface area contributed by atoms with Gasteiger partial charge in [-0.15, -0.1) is 0 Å². The molecule has 0 aromatic rings. The van der Waals surface area contributed by atoms with Crippen LogP contribution in [0.15, 0.2) is 0 Å². The first-order valence-electron chi connectivity index (χ1n) is 6.89.